The summed E-state index contributed by atoms with van der Waals surface area (Å²) < 4.78 is 39.8. The van der Waals surface area contributed by atoms with Crippen LogP contribution in [0.25, 0.3) is 0 Å². The number of nitrogens with zero attached hydrogens (tertiary/aromatic N) is 2. The normalized spacial score (nSPS) is 12.7. The van der Waals surface area contributed by atoms with Crippen LogP contribution in [0.4, 0.5) is 24.5 Å². The topological polar surface area (TPSA) is 85.1 Å². The molecule has 1 aromatic heterocycles. The molecule has 0 spiro atoms. The average Bonchev–Trinajstić information content (AvgIpc) is 2.99. The lowest BCUT2D eigenvalue weighted by atomic mass is 10.1. The van der Waals surface area contributed by atoms with Gasteiger partial charge in [0.05, 0.1) is 21.4 Å². The average molecular weight is 377 g/mol. The number of rotatable bonds is 5. The van der Waals surface area contributed by atoms with Crippen LogP contribution in [0.3, 0.4) is 0 Å². The van der Waals surface area contributed by atoms with E-state index in [1.165, 1.54) is 18.3 Å². The van der Waals surface area contributed by atoms with E-state index in [1.807, 2.05) is 0 Å². The van der Waals surface area contributed by atoms with E-state index in [4.69, 9.17) is 0 Å². The first-order valence-electron chi connectivity index (χ1n) is 6.41. The second-order valence-electron chi connectivity index (χ2n) is 4.53. The number of non-ortho nitro benzene ring substituents is 1. The van der Waals surface area contributed by atoms with Gasteiger partial charge in [0.25, 0.3) is 5.69 Å². The van der Waals surface area contributed by atoms with Crippen molar-refractivity contribution >= 4 is 40.4 Å². The number of alkyl halides is 3. The maximum Gasteiger partial charge on any atom is 0.418 e. The number of aromatic nitrogens is 1. The Bertz CT molecular complexity index is 751. The molecule has 0 aliphatic rings. The van der Waals surface area contributed by atoms with Gasteiger partial charge in [-0.2, -0.15) is 13.2 Å². The van der Waals surface area contributed by atoms with Gasteiger partial charge < -0.3 is 5.32 Å². The highest BCUT2D eigenvalue weighted by Crippen LogP contribution is 2.37. The molecule has 0 aliphatic heterocycles. The molecular weight excluding hydrogens is 367 g/mol. The second-order valence-corrected chi connectivity index (χ2v) is 7.01. The molecule has 0 saturated carbocycles. The van der Waals surface area contributed by atoms with Gasteiger partial charge in [-0.15, -0.1) is 11.3 Å². The summed E-state index contributed by atoms with van der Waals surface area (Å²) in [6.45, 7) is 1.53. The van der Waals surface area contributed by atoms with Crippen molar-refractivity contribution in [1.29, 1.82) is 0 Å². The first-order chi connectivity index (χ1) is 11.2. The first-order valence-corrected chi connectivity index (χ1v) is 8.17. The van der Waals surface area contributed by atoms with Crippen molar-refractivity contribution < 1.29 is 22.9 Å². The van der Waals surface area contributed by atoms with Crippen molar-refractivity contribution in [1.82, 2.24) is 4.98 Å². The van der Waals surface area contributed by atoms with Gasteiger partial charge >= 0.3 is 6.18 Å². The number of nitro benzene ring substituents is 1. The lowest BCUT2D eigenvalue weighted by Gasteiger charge is -2.15. The van der Waals surface area contributed by atoms with Crippen LogP contribution < -0.4 is 5.32 Å². The summed E-state index contributed by atoms with van der Waals surface area (Å²) in [5, 5.41) is 13.8. The van der Waals surface area contributed by atoms with Gasteiger partial charge in [-0.1, -0.05) is 11.8 Å². The molecule has 0 aliphatic carbocycles. The number of carbonyl (C=O) groups is 1. The lowest BCUT2D eigenvalue weighted by Crippen LogP contribution is -2.24. The Morgan fingerprint density at radius 2 is 2.17 bits per heavy atom. The van der Waals surface area contributed by atoms with Crippen LogP contribution >= 0.6 is 23.1 Å². The summed E-state index contributed by atoms with van der Waals surface area (Å²) >= 11 is 2.41. The van der Waals surface area contributed by atoms with Gasteiger partial charge in [-0.3, -0.25) is 14.9 Å². The SMILES string of the molecule is C[C@H](Sc1nccs1)C(=O)Nc1ccc([N+](=O)[O-])cc1C(F)(F)F. The van der Waals surface area contributed by atoms with E-state index in [-0.39, 0.29) is 0 Å². The number of carbonyl (C=O) groups excluding carboxylic acids is 1. The van der Waals surface area contributed by atoms with Crippen molar-refractivity contribution in [2.45, 2.75) is 22.7 Å². The number of thiazole rings is 1. The number of hydrogen-bond acceptors (Lipinski definition) is 6. The van der Waals surface area contributed by atoms with Gasteiger partial charge in [-0.25, -0.2) is 4.98 Å². The Morgan fingerprint density at radius 3 is 2.71 bits per heavy atom. The van der Waals surface area contributed by atoms with E-state index in [1.54, 1.807) is 11.6 Å². The molecule has 24 heavy (non-hydrogen) atoms. The predicted molar refractivity (Wildman–Crippen MR) is 84.2 cm³/mol. The first kappa shape index (κ1) is 18.2. The summed E-state index contributed by atoms with van der Waals surface area (Å²) in [7, 11) is 0. The molecule has 11 heteroatoms. The number of hydrogen-bond donors (Lipinski definition) is 1. The largest absolute Gasteiger partial charge is 0.418 e. The molecule has 1 amide bonds. The molecule has 0 bridgehead atoms. The van der Waals surface area contributed by atoms with Crippen LogP contribution in [0.5, 0.6) is 0 Å². The molecule has 2 aromatic rings. The van der Waals surface area contributed by atoms with Crippen LogP contribution in [0.1, 0.15) is 12.5 Å². The Morgan fingerprint density at radius 1 is 1.46 bits per heavy atom. The predicted octanol–water partition coefficient (Wildman–Crippen LogP) is 4.19. The molecule has 0 radical (unpaired) electrons. The van der Waals surface area contributed by atoms with Crippen LogP contribution in [-0.4, -0.2) is 21.1 Å². The van der Waals surface area contributed by atoms with Crippen molar-refractivity contribution in [3.05, 3.63) is 45.5 Å². The molecule has 0 fully saturated rings. The number of thioether (sulfide) groups is 1. The summed E-state index contributed by atoms with van der Waals surface area (Å²) in [5.41, 5.74) is -2.49. The van der Waals surface area contributed by atoms with E-state index in [9.17, 15) is 28.1 Å². The van der Waals surface area contributed by atoms with E-state index in [0.29, 0.717) is 10.4 Å². The highest BCUT2D eigenvalue weighted by molar-refractivity contribution is 8.02. The third-order valence-electron chi connectivity index (χ3n) is 2.83. The van der Waals surface area contributed by atoms with E-state index >= 15 is 0 Å². The van der Waals surface area contributed by atoms with E-state index in [2.05, 4.69) is 10.3 Å². The Labute approximate surface area is 142 Å². The van der Waals surface area contributed by atoms with Crippen LogP contribution in [0.15, 0.2) is 34.1 Å². The monoisotopic (exact) mass is 377 g/mol. The molecule has 1 heterocycles. The van der Waals surface area contributed by atoms with Crippen molar-refractivity contribution in [3.63, 3.8) is 0 Å². The molecule has 0 saturated heterocycles. The van der Waals surface area contributed by atoms with Crippen molar-refractivity contribution in [2.75, 3.05) is 5.32 Å². The summed E-state index contributed by atoms with van der Waals surface area (Å²) in [4.78, 5) is 25.8. The number of halogens is 3. The molecule has 128 valence electrons. The zero-order valence-electron chi connectivity index (χ0n) is 12.0. The third kappa shape index (κ3) is 4.45. The van der Waals surface area contributed by atoms with E-state index in [0.717, 1.165) is 23.9 Å². The number of anilines is 1. The van der Waals surface area contributed by atoms with Gasteiger partial charge in [0.2, 0.25) is 5.91 Å². The molecule has 2 rings (SSSR count). The minimum Gasteiger partial charge on any atom is -0.325 e. The zero-order chi connectivity index (χ0) is 17.9. The minimum absolute atomic E-state index is 0.397. The molecule has 1 N–H and O–H groups in total. The number of amides is 1. The smallest absolute Gasteiger partial charge is 0.325 e. The van der Waals surface area contributed by atoms with Gasteiger partial charge in [0.15, 0.2) is 4.34 Å². The molecule has 1 atom stereocenters. The van der Waals surface area contributed by atoms with Crippen molar-refractivity contribution in [2.24, 2.45) is 0 Å². The van der Waals surface area contributed by atoms with Gasteiger partial charge in [0, 0.05) is 23.7 Å². The fourth-order valence-corrected chi connectivity index (χ4v) is 3.47. The summed E-state index contributed by atoms with van der Waals surface area (Å²) in [5.74, 6) is -0.658. The maximum atomic E-state index is 13.1. The third-order valence-corrected chi connectivity index (χ3v) is 4.85. The van der Waals surface area contributed by atoms with E-state index < -0.39 is 39.2 Å². The molecular formula is C13H10F3N3O3S2. The highest BCUT2D eigenvalue weighted by atomic mass is 32.2. The zero-order valence-corrected chi connectivity index (χ0v) is 13.7. The highest BCUT2D eigenvalue weighted by Gasteiger charge is 2.36. The fourth-order valence-electron chi connectivity index (χ4n) is 1.70. The Balaban J connectivity index is 2.21. The Kier molecular flexibility index (Phi) is 5.44. The van der Waals surface area contributed by atoms with Crippen LogP contribution in [0, 0.1) is 10.1 Å². The Hall–Kier alpha value is -2.14. The lowest BCUT2D eigenvalue weighted by molar-refractivity contribution is -0.385. The maximum absolute atomic E-state index is 13.1. The van der Waals surface area contributed by atoms with Gasteiger partial charge in [-0.05, 0) is 13.0 Å². The molecule has 0 unspecified atom stereocenters. The summed E-state index contributed by atoms with van der Waals surface area (Å²) in [6, 6.07) is 2.18. The second kappa shape index (κ2) is 7.18. The van der Waals surface area contributed by atoms with Gasteiger partial charge in [0.1, 0.15) is 0 Å². The standard InChI is InChI=1S/C13H10F3N3O3S2/c1-7(24-12-17-4-5-23-12)11(20)18-10-3-2-8(19(21)22)6-9(10)13(14,15)16/h2-7H,1H3,(H,18,20)/t7-/m0/s1. The van der Waals surface area contributed by atoms with Crippen LogP contribution in [0.2, 0.25) is 0 Å². The quantitative estimate of drug-likeness (QED) is 0.480. The summed E-state index contributed by atoms with van der Waals surface area (Å²) in [6.07, 6.45) is -3.28. The van der Waals surface area contributed by atoms with Crippen molar-refractivity contribution in [3.8, 4) is 0 Å². The van der Waals surface area contributed by atoms with Crippen LogP contribution in [-0.2, 0) is 11.0 Å². The molecule has 6 nitrogen and oxygen atoms in total. The molecule has 1 aromatic carbocycles. The minimum atomic E-state index is -4.83. The number of nitrogens with one attached hydrogen (secondary N) is 1. The fraction of sp³-hybridized carbons (Fsp3) is 0.231. The number of nitro groups is 1. The number of benzene rings is 1.